The number of nitrogens with one attached hydrogen (secondary N) is 2. The Morgan fingerprint density at radius 3 is 2.31 bits per heavy atom. The Morgan fingerprint density at radius 2 is 1.44 bits per heavy atom. The Hall–Kier alpha value is -3.68. The highest BCUT2D eigenvalue weighted by Gasteiger charge is 2.18. The first-order valence-electron chi connectivity index (χ1n) is 10.2. The molecular formula is C25H15N5S2. The number of rotatable bonds is 2. The predicted octanol–water partition coefficient (Wildman–Crippen LogP) is 7.11. The smallest absolute Gasteiger partial charge is 0.124 e. The molecule has 1 aliphatic heterocycles. The van der Waals surface area contributed by atoms with Crippen molar-refractivity contribution in [3.8, 4) is 21.7 Å². The average Bonchev–Trinajstić information content (AvgIpc) is 3.48. The van der Waals surface area contributed by atoms with Crippen molar-refractivity contribution in [2.75, 3.05) is 5.32 Å². The third-order valence-electron chi connectivity index (χ3n) is 5.65. The van der Waals surface area contributed by atoms with Crippen molar-refractivity contribution in [3.05, 3.63) is 78.9 Å². The van der Waals surface area contributed by atoms with E-state index in [4.69, 9.17) is 4.98 Å². The van der Waals surface area contributed by atoms with Gasteiger partial charge in [-0.15, -0.1) is 16.4 Å². The fourth-order valence-corrected chi connectivity index (χ4v) is 5.94. The van der Waals surface area contributed by atoms with Gasteiger partial charge in [0.2, 0.25) is 0 Å². The minimum Gasteiger partial charge on any atom is -0.354 e. The summed E-state index contributed by atoms with van der Waals surface area (Å²) in [4.78, 5) is 7.26. The molecule has 1 aliphatic rings. The van der Waals surface area contributed by atoms with E-state index in [1.54, 1.807) is 23.1 Å². The quantitative estimate of drug-likeness (QED) is 0.294. The third-order valence-corrected chi connectivity index (χ3v) is 7.88. The number of hydrogen-bond donors (Lipinski definition) is 2. The Labute approximate surface area is 191 Å². The number of aromatic amines is 1. The molecule has 0 unspecified atom stereocenters. The van der Waals surface area contributed by atoms with Crippen molar-refractivity contribution in [2.45, 2.75) is 9.79 Å². The van der Waals surface area contributed by atoms with Crippen molar-refractivity contribution in [3.63, 3.8) is 0 Å². The average molecular weight is 450 g/mol. The Morgan fingerprint density at radius 1 is 0.688 bits per heavy atom. The van der Waals surface area contributed by atoms with E-state index in [1.165, 1.54) is 14.5 Å². The molecule has 3 heterocycles. The Balaban J connectivity index is 1.26. The molecule has 2 aromatic heterocycles. The minimum absolute atomic E-state index is 0.872. The van der Waals surface area contributed by atoms with Gasteiger partial charge in [0.05, 0.1) is 27.1 Å². The van der Waals surface area contributed by atoms with E-state index in [2.05, 4.69) is 87.5 Å². The lowest BCUT2D eigenvalue weighted by atomic mass is 10.0. The molecule has 7 rings (SSSR count). The number of thiazole rings is 1. The largest absolute Gasteiger partial charge is 0.354 e. The standard InChI is InChI=1S/C25H15N5S2/c1-2-4-22-18(3-1)27-25(32-22)16-7-10-24-21(13-16)26-20-12-15(6-9-23(20)31-24)14-5-8-17-19(11-14)29-30-28-17/h1-13,26H,(H,28,29,30). The van der Waals surface area contributed by atoms with Gasteiger partial charge in [-0.25, -0.2) is 4.98 Å². The van der Waals surface area contributed by atoms with Crippen LogP contribution in [0.5, 0.6) is 0 Å². The van der Waals surface area contributed by atoms with Gasteiger partial charge in [-0.1, -0.05) is 47.3 Å². The highest BCUT2D eigenvalue weighted by molar-refractivity contribution is 7.99. The first kappa shape index (κ1) is 17.9. The van der Waals surface area contributed by atoms with E-state index in [0.29, 0.717) is 0 Å². The maximum Gasteiger partial charge on any atom is 0.124 e. The summed E-state index contributed by atoms with van der Waals surface area (Å²) in [6.07, 6.45) is 0. The summed E-state index contributed by atoms with van der Waals surface area (Å²) in [6.45, 7) is 0. The summed E-state index contributed by atoms with van der Waals surface area (Å²) < 4.78 is 1.21. The molecule has 6 aromatic rings. The number of hydrogen-bond acceptors (Lipinski definition) is 6. The maximum absolute atomic E-state index is 4.82. The van der Waals surface area contributed by atoms with Crippen LogP contribution < -0.4 is 5.32 Å². The number of benzene rings is 4. The van der Waals surface area contributed by atoms with Crippen molar-refractivity contribution in [1.82, 2.24) is 20.4 Å². The SMILES string of the molecule is c1ccc2sc(-c3ccc4c(c3)Nc3cc(-c5ccc6nn[nH]c6c5)ccc3S4)nc2c1. The van der Waals surface area contributed by atoms with E-state index < -0.39 is 0 Å². The van der Waals surface area contributed by atoms with E-state index in [9.17, 15) is 0 Å². The second-order valence-corrected chi connectivity index (χ2v) is 9.79. The molecule has 0 saturated heterocycles. The predicted molar refractivity (Wildman–Crippen MR) is 132 cm³/mol. The summed E-state index contributed by atoms with van der Waals surface area (Å²) in [7, 11) is 0. The highest BCUT2D eigenvalue weighted by atomic mass is 32.2. The molecular weight excluding hydrogens is 434 g/mol. The Kier molecular flexibility index (Phi) is 3.88. The van der Waals surface area contributed by atoms with Gasteiger partial charge in [-0.05, 0) is 59.7 Å². The molecule has 0 aliphatic carbocycles. The zero-order chi connectivity index (χ0) is 21.1. The van der Waals surface area contributed by atoms with Gasteiger partial charge in [-0.2, -0.15) is 0 Å². The van der Waals surface area contributed by atoms with Crippen molar-refractivity contribution in [1.29, 1.82) is 0 Å². The molecule has 0 fully saturated rings. The van der Waals surface area contributed by atoms with Crippen molar-refractivity contribution in [2.24, 2.45) is 0 Å². The summed E-state index contributed by atoms with van der Waals surface area (Å²) in [6, 6.07) is 27.6. The fraction of sp³-hybridized carbons (Fsp3) is 0. The zero-order valence-electron chi connectivity index (χ0n) is 16.7. The van der Waals surface area contributed by atoms with Gasteiger partial charge in [0.25, 0.3) is 0 Å². The van der Waals surface area contributed by atoms with Crippen LogP contribution in [0.1, 0.15) is 0 Å². The molecule has 0 saturated carbocycles. The minimum atomic E-state index is 0.872. The lowest BCUT2D eigenvalue weighted by Gasteiger charge is -2.22. The van der Waals surface area contributed by atoms with Gasteiger partial charge in [0, 0.05) is 15.4 Å². The Bertz CT molecular complexity index is 1570. The van der Waals surface area contributed by atoms with Crippen molar-refractivity contribution < 1.29 is 0 Å². The van der Waals surface area contributed by atoms with Crippen LogP contribution in [0, 0.1) is 0 Å². The van der Waals surface area contributed by atoms with Gasteiger partial charge in [-0.3, -0.25) is 5.10 Å². The first-order chi connectivity index (χ1) is 15.8. The van der Waals surface area contributed by atoms with Gasteiger partial charge < -0.3 is 5.32 Å². The van der Waals surface area contributed by atoms with Crippen molar-refractivity contribution >= 4 is 55.7 Å². The molecule has 0 radical (unpaired) electrons. The van der Waals surface area contributed by atoms with Crippen LogP contribution in [-0.4, -0.2) is 20.4 Å². The molecule has 0 atom stereocenters. The topological polar surface area (TPSA) is 66.5 Å². The third kappa shape index (κ3) is 2.90. The molecule has 2 N–H and O–H groups in total. The molecule has 7 heteroatoms. The normalized spacial score (nSPS) is 12.5. The number of nitrogens with zero attached hydrogens (tertiary/aromatic N) is 3. The summed E-state index contributed by atoms with van der Waals surface area (Å²) in [5.41, 5.74) is 8.51. The summed E-state index contributed by atoms with van der Waals surface area (Å²) >= 11 is 3.52. The lowest BCUT2D eigenvalue weighted by molar-refractivity contribution is 0.959. The van der Waals surface area contributed by atoms with Gasteiger partial charge >= 0.3 is 0 Å². The monoisotopic (exact) mass is 449 g/mol. The van der Waals surface area contributed by atoms with Gasteiger partial charge in [0.15, 0.2) is 0 Å². The van der Waals surface area contributed by atoms with E-state index in [-0.39, 0.29) is 0 Å². The number of anilines is 2. The maximum atomic E-state index is 4.82. The lowest BCUT2D eigenvalue weighted by Crippen LogP contribution is -2.00. The summed E-state index contributed by atoms with van der Waals surface area (Å²) in [5, 5.41) is 15.6. The fourth-order valence-electron chi connectivity index (χ4n) is 4.03. The highest BCUT2D eigenvalue weighted by Crippen LogP contribution is 2.47. The number of aromatic nitrogens is 4. The van der Waals surface area contributed by atoms with Crippen LogP contribution in [-0.2, 0) is 0 Å². The zero-order valence-corrected chi connectivity index (χ0v) is 18.3. The molecule has 32 heavy (non-hydrogen) atoms. The van der Waals surface area contributed by atoms with Crippen LogP contribution >= 0.6 is 23.1 Å². The number of fused-ring (bicyclic) bond motifs is 4. The van der Waals surface area contributed by atoms with Gasteiger partial charge in [0.1, 0.15) is 10.5 Å². The molecule has 0 bridgehead atoms. The number of para-hydroxylation sites is 1. The molecule has 4 aromatic carbocycles. The molecule has 152 valence electrons. The molecule has 5 nitrogen and oxygen atoms in total. The van der Waals surface area contributed by atoms with E-state index in [1.807, 2.05) is 12.1 Å². The van der Waals surface area contributed by atoms with E-state index >= 15 is 0 Å². The second-order valence-electron chi connectivity index (χ2n) is 7.68. The molecule has 0 amide bonds. The van der Waals surface area contributed by atoms with Crippen LogP contribution in [0.2, 0.25) is 0 Å². The molecule has 0 spiro atoms. The summed E-state index contributed by atoms with van der Waals surface area (Å²) in [5.74, 6) is 0. The second kappa shape index (κ2) is 6.91. The van der Waals surface area contributed by atoms with Crippen LogP contribution in [0.15, 0.2) is 88.7 Å². The first-order valence-corrected chi connectivity index (χ1v) is 11.8. The van der Waals surface area contributed by atoms with Crippen LogP contribution in [0.4, 0.5) is 11.4 Å². The number of H-pyrrole nitrogens is 1. The van der Waals surface area contributed by atoms with Crippen LogP contribution in [0.25, 0.3) is 42.9 Å². The van der Waals surface area contributed by atoms with E-state index in [0.717, 1.165) is 49.6 Å². The van der Waals surface area contributed by atoms with Crippen LogP contribution in [0.3, 0.4) is 0 Å².